The van der Waals surface area contributed by atoms with Gasteiger partial charge in [-0.1, -0.05) is 0 Å². The predicted molar refractivity (Wildman–Crippen MR) is 69.3 cm³/mol. The third kappa shape index (κ3) is 1.68. The quantitative estimate of drug-likeness (QED) is 0.823. The van der Waals surface area contributed by atoms with Crippen LogP contribution < -0.4 is 5.56 Å². The number of thiophene rings is 1. The highest BCUT2D eigenvalue weighted by Gasteiger charge is 2.31. The topological polar surface area (TPSA) is 53.4 Å². The third-order valence-corrected chi connectivity index (χ3v) is 4.42. The van der Waals surface area contributed by atoms with Crippen LogP contribution in [0.1, 0.15) is 11.6 Å². The second-order valence-corrected chi connectivity index (χ2v) is 5.31. The lowest BCUT2D eigenvalue weighted by Crippen LogP contribution is -2.32. The third-order valence-electron chi connectivity index (χ3n) is 3.34. The van der Waals surface area contributed by atoms with E-state index in [4.69, 9.17) is 9.47 Å². The van der Waals surface area contributed by atoms with Crippen molar-refractivity contribution in [2.24, 2.45) is 0 Å². The monoisotopic (exact) mass is 266 g/mol. The van der Waals surface area contributed by atoms with Gasteiger partial charge in [0.1, 0.15) is 10.8 Å². The minimum atomic E-state index is -0.0817. The van der Waals surface area contributed by atoms with E-state index in [1.807, 2.05) is 12.3 Å². The number of rotatable bonds is 2. The minimum absolute atomic E-state index is 0.00403. The van der Waals surface area contributed by atoms with Crippen LogP contribution in [0.5, 0.6) is 0 Å². The van der Waals surface area contributed by atoms with Crippen LogP contribution >= 0.6 is 11.3 Å². The summed E-state index contributed by atoms with van der Waals surface area (Å²) in [5, 5.41) is 1.96. The van der Waals surface area contributed by atoms with Crippen molar-refractivity contribution < 1.29 is 9.47 Å². The standard InChI is InChI=1S/C12H14N2O3S/c1-7-5-18-11-10(7)13-6-14(12(11)15)8-3-17-4-9(8)16-2/h5-6,8-9H,3-4H2,1-2H3/t8-,9-/m0/s1. The van der Waals surface area contributed by atoms with Crippen LogP contribution in [-0.2, 0) is 9.47 Å². The fourth-order valence-electron chi connectivity index (χ4n) is 2.28. The summed E-state index contributed by atoms with van der Waals surface area (Å²) in [6.07, 6.45) is 1.53. The molecule has 2 atom stereocenters. The second kappa shape index (κ2) is 4.46. The summed E-state index contributed by atoms with van der Waals surface area (Å²) in [7, 11) is 1.64. The Morgan fingerprint density at radius 1 is 1.56 bits per heavy atom. The first-order valence-corrected chi connectivity index (χ1v) is 6.66. The molecule has 1 aliphatic heterocycles. The summed E-state index contributed by atoms with van der Waals surface area (Å²) in [6, 6.07) is -0.0817. The van der Waals surface area contributed by atoms with Gasteiger partial charge in [0, 0.05) is 7.11 Å². The van der Waals surface area contributed by atoms with Crippen LogP contribution in [0.2, 0.25) is 0 Å². The number of hydrogen-bond acceptors (Lipinski definition) is 5. The Kier molecular flexibility index (Phi) is 2.93. The van der Waals surface area contributed by atoms with Gasteiger partial charge < -0.3 is 9.47 Å². The lowest BCUT2D eigenvalue weighted by atomic mass is 10.2. The largest absolute Gasteiger partial charge is 0.377 e. The van der Waals surface area contributed by atoms with Gasteiger partial charge in [-0.3, -0.25) is 9.36 Å². The number of aryl methyl sites for hydroxylation is 1. The Morgan fingerprint density at radius 2 is 2.39 bits per heavy atom. The normalized spacial score (nSPS) is 23.9. The van der Waals surface area contributed by atoms with Crippen LogP contribution in [0, 0.1) is 6.92 Å². The molecule has 1 saturated heterocycles. The van der Waals surface area contributed by atoms with Gasteiger partial charge in [0.2, 0.25) is 0 Å². The minimum Gasteiger partial charge on any atom is -0.377 e. The zero-order valence-corrected chi connectivity index (χ0v) is 11.1. The van der Waals surface area contributed by atoms with E-state index in [1.54, 1.807) is 18.0 Å². The van der Waals surface area contributed by atoms with Crippen LogP contribution in [0.4, 0.5) is 0 Å². The van der Waals surface area contributed by atoms with Gasteiger partial charge in [-0.2, -0.15) is 0 Å². The van der Waals surface area contributed by atoms with Crippen molar-refractivity contribution in [2.45, 2.75) is 19.1 Å². The fourth-order valence-corrected chi connectivity index (χ4v) is 3.22. The highest BCUT2D eigenvalue weighted by atomic mass is 32.1. The molecule has 0 radical (unpaired) electrons. The lowest BCUT2D eigenvalue weighted by Gasteiger charge is -2.18. The van der Waals surface area contributed by atoms with Crippen molar-refractivity contribution in [1.29, 1.82) is 0 Å². The molecule has 0 aromatic carbocycles. The first-order valence-electron chi connectivity index (χ1n) is 5.78. The number of ether oxygens (including phenoxy) is 2. The number of methoxy groups -OCH3 is 1. The highest BCUT2D eigenvalue weighted by Crippen LogP contribution is 2.23. The van der Waals surface area contributed by atoms with Gasteiger partial charge >= 0.3 is 0 Å². The van der Waals surface area contributed by atoms with Gasteiger partial charge in [0.05, 0.1) is 31.1 Å². The molecule has 96 valence electrons. The summed E-state index contributed by atoms with van der Waals surface area (Å²) in [5.74, 6) is 0. The summed E-state index contributed by atoms with van der Waals surface area (Å²) in [6.45, 7) is 2.98. The maximum atomic E-state index is 12.4. The van der Waals surface area contributed by atoms with Crippen molar-refractivity contribution in [3.63, 3.8) is 0 Å². The average molecular weight is 266 g/mol. The molecule has 0 amide bonds. The fraction of sp³-hybridized carbons (Fsp3) is 0.500. The van der Waals surface area contributed by atoms with E-state index in [9.17, 15) is 4.79 Å². The first-order chi connectivity index (χ1) is 8.72. The van der Waals surface area contributed by atoms with Gasteiger partial charge in [0.15, 0.2) is 0 Å². The van der Waals surface area contributed by atoms with Gasteiger partial charge in [-0.15, -0.1) is 11.3 Å². The molecular weight excluding hydrogens is 252 g/mol. The maximum Gasteiger partial charge on any atom is 0.271 e. The number of aromatic nitrogens is 2. The van der Waals surface area contributed by atoms with Gasteiger partial charge in [-0.25, -0.2) is 4.98 Å². The Balaban J connectivity index is 2.13. The predicted octanol–water partition coefficient (Wildman–Crippen LogP) is 1.35. The molecule has 2 aromatic rings. The first kappa shape index (κ1) is 11.8. The molecule has 0 aliphatic carbocycles. The molecule has 0 unspecified atom stereocenters. The molecule has 3 rings (SSSR count). The molecule has 0 spiro atoms. The molecule has 3 heterocycles. The molecule has 1 fully saturated rings. The number of nitrogens with zero attached hydrogens (tertiary/aromatic N) is 2. The molecule has 6 heteroatoms. The molecular formula is C12H14N2O3S. The van der Waals surface area contributed by atoms with E-state index in [0.29, 0.717) is 17.9 Å². The Morgan fingerprint density at radius 3 is 3.17 bits per heavy atom. The van der Waals surface area contributed by atoms with Crippen LogP contribution in [-0.4, -0.2) is 36.0 Å². The summed E-state index contributed by atoms with van der Waals surface area (Å²) in [4.78, 5) is 16.8. The van der Waals surface area contributed by atoms with Crippen LogP contribution in [0.3, 0.4) is 0 Å². The van der Waals surface area contributed by atoms with E-state index in [1.165, 1.54) is 11.3 Å². The van der Waals surface area contributed by atoms with E-state index in [2.05, 4.69) is 4.98 Å². The van der Waals surface area contributed by atoms with E-state index in [-0.39, 0.29) is 17.7 Å². The zero-order chi connectivity index (χ0) is 12.7. The Hall–Kier alpha value is -1.24. The molecule has 18 heavy (non-hydrogen) atoms. The Labute approximate surface area is 108 Å². The lowest BCUT2D eigenvalue weighted by molar-refractivity contribution is 0.0679. The molecule has 0 N–H and O–H groups in total. The SMILES string of the molecule is CO[C@H]1COC[C@@H]1n1cnc2c(C)csc2c1=O. The summed E-state index contributed by atoms with van der Waals surface area (Å²) in [5.41, 5.74) is 1.84. The Bertz CT molecular complexity index is 634. The van der Waals surface area contributed by atoms with Crippen molar-refractivity contribution in [3.05, 3.63) is 27.6 Å². The zero-order valence-electron chi connectivity index (χ0n) is 10.3. The van der Waals surface area contributed by atoms with Crippen molar-refractivity contribution in [3.8, 4) is 0 Å². The number of hydrogen-bond donors (Lipinski definition) is 0. The average Bonchev–Trinajstić information content (AvgIpc) is 2.97. The second-order valence-electron chi connectivity index (χ2n) is 4.43. The van der Waals surface area contributed by atoms with E-state index >= 15 is 0 Å². The summed E-state index contributed by atoms with van der Waals surface area (Å²) >= 11 is 1.44. The van der Waals surface area contributed by atoms with E-state index < -0.39 is 0 Å². The van der Waals surface area contributed by atoms with Gasteiger partial charge in [-0.05, 0) is 17.9 Å². The molecule has 0 bridgehead atoms. The smallest absolute Gasteiger partial charge is 0.271 e. The van der Waals surface area contributed by atoms with Crippen LogP contribution in [0.15, 0.2) is 16.5 Å². The molecule has 5 nitrogen and oxygen atoms in total. The number of fused-ring (bicyclic) bond motifs is 1. The van der Waals surface area contributed by atoms with Crippen molar-refractivity contribution >= 4 is 21.6 Å². The molecule has 2 aromatic heterocycles. The van der Waals surface area contributed by atoms with Gasteiger partial charge in [0.25, 0.3) is 5.56 Å². The van der Waals surface area contributed by atoms with Crippen LogP contribution in [0.25, 0.3) is 10.2 Å². The highest BCUT2D eigenvalue weighted by molar-refractivity contribution is 7.17. The van der Waals surface area contributed by atoms with Crippen molar-refractivity contribution in [2.75, 3.05) is 20.3 Å². The molecule has 1 aliphatic rings. The van der Waals surface area contributed by atoms with Crippen molar-refractivity contribution in [1.82, 2.24) is 9.55 Å². The van der Waals surface area contributed by atoms with E-state index in [0.717, 1.165) is 11.1 Å². The molecule has 0 saturated carbocycles. The maximum absolute atomic E-state index is 12.4. The summed E-state index contributed by atoms with van der Waals surface area (Å²) < 4.78 is 13.1.